The Kier molecular flexibility index (Phi) is 8.10. The van der Waals surface area contributed by atoms with Crippen LogP contribution >= 0.6 is 11.6 Å². The highest BCUT2D eigenvalue weighted by atomic mass is 35.5. The third-order valence-corrected chi connectivity index (χ3v) is 4.16. The molecule has 0 heterocycles. The molecule has 0 bridgehead atoms. The number of methoxy groups -OCH3 is 1. The van der Waals surface area contributed by atoms with Crippen LogP contribution in [0, 0.1) is 0 Å². The summed E-state index contributed by atoms with van der Waals surface area (Å²) in [5.74, 6) is 0.487. The third kappa shape index (κ3) is 7.68. The molecule has 2 aromatic rings. The molecule has 7 heteroatoms. The van der Waals surface area contributed by atoms with Crippen LogP contribution in [0.2, 0.25) is 5.02 Å². The first kappa shape index (κ1) is 20.7. The summed E-state index contributed by atoms with van der Waals surface area (Å²) in [4.78, 5) is 24.9. The molecule has 2 aromatic carbocycles. The zero-order valence-electron chi connectivity index (χ0n) is 15.5. The average Bonchev–Trinajstić information content (AvgIpc) is 2.62. The first-order valence-corrected chi connectivity index (χ1v) is 9.10. The molecular weight excluding hydrogens is 366 g/mol. The quantitative estimate of drug-likeness (QED) is 0.601. The molecule has 2 rings (SSSR count). The van der Waals surface area contributed by atoms with Crippen molar-refractivity contribution in [3.8, 4) is 5.75 Å². The van der Waals surface area contributed by atoms with Crippen LogP contribution in [0.5, 0.6) is 5.75 Å². The van der Waals surface area contributed by atoms with Gasteiger partial charge in [-0.05, 0) is 48.4 Å². The maximum Gasteiger partial charge on any atom is 0.279 e. The molecule has 0 radical (unpaired) electrons. The molecule has 2 amide bonds. The SMILES string of the molecule is COc1ccc(NC(=O)C[NH+](C)CC(=O)NCCc2cccc(Cl)c2)cc1. The Morgan fingerprint density at radius 1 is 1.07 bits per heavy atom. The van der Waals surface area contributed by atoms with Crippen molar-refractivity contribution in [1.82, 2.24) is 5.32 Å². The van der Waals surface area contributed by atoms with Gasteiger partial charge in [0, 0.05) is 17.3 Å². The Labute approximate surface area is 164 Å². The predicted molar refractivity (Wildman–Crippen MR) is 106 cm³/mol. The van der Waals surface area contributed by atoms with E-state index in [1.54, 1.807) is 31.4 Å². The van der Waals surface area contributed by atoms with E-state index in [2.05, 4.69) is 10.6 Å². The molecule has 0 saturated heterocycles. The second kappa shape index (κ2) is 10.5. The molecule has 27 heavy (non-hydrogen) atoms. The van der Waals surface area contributed by atoms with E-state index < -0.39 is 0 Å². The van der Waals surface area contributed by atoms with Crippen LogP contribution in [0.15, 0.2) is 48.5 Å². The minimum absolute atomic E-state index is 0.0909. The molecule has 1 unspecified atom stereocenters. The number of carbonyl (C=O) groups excluding carboxylic acids is 2. The van der Waals surface area contributed by atoms with E-state index in [1.165, 1.54) is 0 Å². The van der Waals surface area contributed by atoms with Crippen LogP contribution in [0.3, 0.4) is 0 Å². The summed E-state index contributed by atoms with van der Waals surface area (Å²) in [6, 6.07) is 14.7. The number of benzene rings is 2. The smallest absolute Gasteiger partial charge is 0.279 e. The number of hydrogen-bond donors (Lipinski definition) is 3. The molecule has 0 aromatic heterocycles. The molecule has 144 valence electrons. The van der Waals surface area contributed by atoms with Gasteiger partial charge in [-0.25, -0.2) is 0 Å². The third-order valence-electron chi connectivity index (χ3n) is 3.92. The summed E-state index contributed by atoms with van der Waals surface area (Å²) >= 11 is 5.94. The van der Waals surface area contributed by atoms with Gasteiger partial charge in [-0.2, -0.15) is 0 Å². The van der Waals surface area contributed by atoms with Crippen LogP contribution in [0.1, 0.15) is 5.56 Å². The molecule has 0 saturated carbocycles. The Hall–Kier alpha value is -2.57. The number of carbonyl (C=O) groups is 2. The molecule has 0 aliphatic rings. The van der Waals surface area contributed by atoms with Crippen molar-refractivity contribution in [1.29, 1.82) is 0 Å². The van der Waals surface area contributed by atoms with Crippen molar-refractivity contribution >= 4 is 29.1 Å². The first-order chi connectivity index (χ1) is 13.0. The van der Waals surface area contributed by atoms with E-state index in [0.717, 1.165) is 16.2 Å². The first-order valence-electron chi connectivity index (χ1n) is 8.72. The van der Waals surface area contributed by atoms with Crippen LogP contribution in [0.25, 0.3) is 0 Å². The van der Waals surface area contributed by atoms with Crippen LogP contribution in [-0.4, -0.2) is 45.6 Å². The van der Waals surface area contributed by atoms with E-state index in [-0.39, 0.29) is 24.9 Å². The maximum atomic E-state index is 12.1. The lowest BCUT2D eigenvalue weighted by Gasteiger charge is -2.14. The van der Waals surface area contributed by atoms with Crippen LogP contribution in [0.4, 0.5) is 5.69 Å². The number of amides is 2. The Morgan fingerprint density at radius 2 is 1.78 bits per heavy atom. The van der Waals surface area contributed by atoms with Crippen molar-refractivity contribution in [2.75, 3.05) is 39.1 Å². The Balaban J connectivity index is 1.68. The molecule has 0 fully saturated rings. The molecule has 0 spiro atoms. The van der Waals surface area contributed by atoms with Crippen molar-refractivity contribution in [2.24, 2.45) is 0 Å². The van der Waals surface area contributed by atoms with Gasteiger partial charge in [0.25, 0.3) is 11.8 Å². The minimum Gasteiger partial charge on any atom is -0.497 e. The second-order valence-corrected chi connectivity index (χ2v) is 6.75. The summed E-state index contributed by atoms with van der Waals surface area (Å²) in [6.45, 7) is 0.962. The topological polar surface area (TPSA) is 71.9 Å². The van der Waals surface area contributed by atoms with Crippen molar-refractivity contribution < 1.29 is 19.2 Å². The predicted octanol–water partition coefficient (Wildman–Crippen LogP) is 1.16. The van der Waals surface area contributed by atoms with E-state index >= 15 is 0 Å². The normalized spacial score (nSPS) is 11.5. The van der Waals surface area contributed by atoms with E-state index in [0.29, 0.717) is 23.7 Å². The van der Waals surface area contributed by atoms with Gasteiger partial charge in [-0.1, -0.05) is 23.7 Å². The number of hydrogen-bond acceptors (Lipinski definition) is 3. The lowest BCUT2D eigenvalue weighted by atomic mass is 10.1. The summed E-state index contributed by atoms with van der Waals surface area (Å²) in [6.07, 6.45) is 0.712. The van der Waals surface area contributed by atoms with Gasteiger partial charge >= 0.3 is 0 Å². The average molecular weight is 391 g/mol. The minimum atomic E-state index is -0.149. The van der Waals surface area contributed by atoms with E-state index in [4.69, 9.17) is 16.3 Å². The highest BCUT2D eigenvalue weighted by molar-refractivity contribution is 6.30. The highest BCUT2D eigenvalue weighted by Gasteiger charge is 2.14. The fourth-order valence-corrected chi connectivity index (χ4v) is 2.80. The monoisotopic (exact) mass is 390 g/mol. The van der Waals surface area contributed by atoms with Crippen molar-refractivity contribution in [2.45, 2.75) is 6.42 Å². The summed E-state index contributed by atoms with van der Waals surface area (Å²) < 4.78 is 5.08. The fraction of sp³-hybridized carbons (Fsp3) is 0.300. The standard InChI is InChI=1S/C20H24ClN3O3/c1-24(14-20(26)23-17-6-8-18(27-2)9-7-17)13-19(25)22-11-10-15-4-3-5-16(21)12-15/h3-9,12H,10-11,13-14H2,1-2H3,(H,22,25)(H,23,26)/p+1. The van der Waals surface area contributed by atoms with E-state index in [1.807, 2.05) is 31.3 Å². The van der Waals surface area contributed by atoms with Gasteiger partial charge in [0.2, 0.25) is 0 Å². The van der Waals surface area contributed by atoms with Gasteiger partial charge < -0.3 is 20.3 Å². The van der Waals surface area contributed by atoms with Gasteiger partial charge in [-0.3, -0.25) is 9.59 Å². The zero-order valence-corrected chi connectivity index (χ0v) is 16.3. The number of quaternary nitrogens is 1. The van der Waals surface area contributed by atoms with Gasteiger partial charge in [0.15, 0.2) is 13.1 Å². The van der Waals surface area contributed by atoms with Gasteiger partial charge in [0.1, 0.15) is 5.75 Å². The summed E-state index contributed by atoms with van der Waals surface area (Å²) in [5.41, 5.74) is 1.77. The lowest BCUT2D eigenvalue weighted by molar-refractivity contribution is -0.862. The molecule has 0 aliphatic carbocycles. The fourth-order valence-electron chi connectivity index (χ4n) is 2.59. The molecule has 6 nitrogen and oxygen atoms in total. The number of nitrogens with one attached hydrogen (secondary N) is 3. The van der Waals surface area contributed by atoms with E-state index in [9.17, 15) is 9.59 Å². The lowest BCUT2D eigenvalue weighted by Crippen LogP contribution is -3.11. The summed E-state index contributed by atoms with van der Waals surface area (Å²) in [5, 5.41) is 6.36. The Bertz CT molecular complexity index is 765. The number of ether oxygens (including phenoxy) is 1. The maximum absolute atomic E-state index is 12.1. The number of anilines is 1. The van der Waals surface area contributed by atoms with Crippen molar-refractivity contribution in [3.05, 3.63) is 59.1 Å². The zero-order chi connectivity index (χ0) is 19.6. The molecule has 1 atom stereocenters. The summed E-state index contributed by atoms with van der Waals surface area (Å²) in [7, 11) is 3.40. The van der Waals surface area contributed by atoms with Crippen molar-refractivity contribution in [3.63, 3.8) is 0 Å². The van der Waals surface area contributed by atoms with Gasteiger partial charge in [0.05, 0.1) is 14.2 Å². The number of rotatable bonds is 9. The molecule has 3 N–H and O–H groups in total. The largest absolute Gasteiger partial charge is 0.497 e. The second-order valence-electron chi connectivity index (χ2n) is 6.32. The molecular formula is C20H25ClN3O3+. The molecule has 0 aliphatic heterocycles. The van der Waals surface area contributed by atoms with Crippen LogP contribution < -0.4 is 20.3 Å². The highest BCUT2D eigenvalue weighted by Crippen LogP contribution is 2.14. The number of halogens is 1. The van der Waals surface area contributed by atoms with Crippen LogP contribution in [-0.2, 0) is 16.0 Å². The van der Waals surface area contributed by atoms with Gasteiger partial charge in [-0.15, -0.1) is 0 Å². The number of likely N-dealkylation sites (N-methyl/N-ethyl adjacent to an activating group) is 1. The Morgan fingerprint density at radius 3 is 2.44 bits per heavy atom.